The largest absolute Gasteiger partial charge is 0.381 e. The highest BCUT2D eigenvalue weighted by Gasteiger charge is 2.32. The molecule has 14 aliphatic rings. The van der Waals surface area contributed by atoms with Crippen LogP contribution in [0, 0.1) is 120 Å². The third kappa shape index (κ3) is 39.8. The molecule has 14 atom stereocenters. The SMILES string of the molecule is CCc1cc(F)c2nc(Cl)c(-c3nc(C)no3)c(C)c2c1.C[C@@H]1CCCC[C@@H]1CC1CCOCC1.C[C@@H]1CCCC[C@@H]1N.C[C@@H]1CNCC[C@@H]1CC1CCOCC1.C[C@H]1CCCC[C@H]1CC1CCOCC1.C[C@H]1CCCC[C@H]1N.C[C@H]1CNCC[C@H]1CC1CCOCC1.C[C@H]1CNCC[C@H]1CC1CCOCC1.O=C1CCOCC1.O=C1CCOCC1. The number of pyridine rings is 1. The van der Waals surface area contributed by atoms with Crippen molar-refractivity contribution in [3.63, 3.8) is 0 Å². The maximum Gasteiger partial charge on any atom is 0.261 e. The number of ketones is 2. The van der Waals surface area contributed by atoms with Crippen LogP contribution in [0.4, 0.5) is 4.39 Å². The summed E-state index contributed by atoms with van der Waals surface area (Å²) in [6, 6.07) is 4.42. The van der Waals surface area contributed by atoms with Gasteiger partial charge in [-0.15, -0.1) is 0 Å². The molecule has 0 unspecified atom stereocenters. The quantitative estimate of drug-likeness (QED) is 0.106. The molecular weight excluding hydrogens is 1540 g/mol. The number of nitrogens with two attached hydrogens (primary N) is 2. The zero-order valence-electron chi connectivity index (χ0n) is 78.2. The van der Waals surface area contributed by atoms with Gasteiger partial charge in [0.1, 0.15) is 28.1 Å². The van der Waals surface area contributed by atoms with Crippen molar-refractivity contribution in [3.05, 3.63) is 40.1 Å². The molecule has 3 aromatic rings. The minimum atomic E-state index is -0.373. The van der Waals surface area contributed by atoms with Crippen LogP contribution in [-0.2, 0) is 49.2 Å². The molecule has 17 rings (SSSR count). The minimum Gasteiger partial charge on any atom is -0.381 e. The van der Waals surface area contributed by atoms with Crippen LogP contribution in [0.5, 0.6) is 0 Å². The van der Waals surface area contributed by atoms with Crippen LogP contribution in [-0.4, -0.2) is 171 Å². The Kier molecular flexibility index (Phi) is 51.1. The second-order valence-electron chi connectivity index (χ2n) is 39.7. The van der Waals surface area contributed by atoms with Gasteiger partial charge in [0.25, 0.3) is 5.89 Å². The lowest BCUT2D eigenvalue weighted by Gasteiger charge is -2.33. The Morgan fingerprint density at radius 3 is 0.967 bits per heavy atom. The molecular formula is C101H176ClFN8O10. The first-order chi connectivity index (χ1) is 58.7. The fourth-order valence-corrected chi connectivity index (χ4v) is 21.3. The predicted octanol–water partition coefficient (Wildman–Crippen LogP) is 21.4. The van der Waals surface area contributed by atoms with Crippen molar-refractivity contribution >= 4 is 34.1 Å². The van der Waals surface area contributed by atoms with Crippen LogP contribution < -0.4 is 27.4 Å². The fourth-order valence-electron chi connectivity index (χ4n) is 21.0. The first-order valence-corrected chi connectivity index (χ1v) is 50.4. The van der Waals surface area contributed by atoms with Crippen molar-refractivity contribution in [3.8, 4) is 11.5 Å². The molecule has 10 saturated heterocycles. The van der Waals surface area contributed by atoms with Crippen LogP contribution in [0.15, 0.2) is 16.7 Å². The molecule has 14 fully saturated rings. The van der Waals surface area contributed by atoms with Gasteiger partial charge in [0.15, 0.2) is 5.82 Å². The van der Waals surface area contributed by atoms with E-state index in [-0.39, 0.29) is 16.5 Å². The number of hydrogen-bond donors (Lipinski definition) is 5. The first-order valence-electron chi connectivity index (χ1n) is 50.0. The summed E-state index contributed by atoms with van der Waals surface area (Å²) in [6.45, 7) is 42.2. The Morgan fingerprint density at radius 1 is 0.397 bits per heavy atom. The predicted molar refractivity (Wildman–Crippen MR) is 494 cm³/mol. The topological polar surface area (TPSA) is 239 Å². The first kappa shape index (κ1) is 103. The molecule has 694 valence electrons. The second-order valence-corrected chi connectivity index (χ2v) is 40.1. The van der Waals surface area contributed by atoms with Crippen molar-refractivity contribution in [2.45, 2.75) is 332 Å². The number of carbonyl (C=O) groups excluding carboxylic acids is 2. The average molecular weight is 1720 g/mol. The number of aryl methyl sites for hydroxylation is 3. The summed E-state index contributed by atoms with van der Waals surface area (Å²) in [5.74, 6) is 17.1. The van der Waals surface area contributed by atoms with Gasteiger partial charge in [-0.2, -0.15) is 4.98 Å². The molecule has 10 aliphatic heterocycles. The van der Waals surface area contributed by atoms with Crippen molar-refractivity contribution in [2.24, 2.45) is 112 Å². The van der Waals surface area contributed by atoms with E-state index >= 15 is 0 Å². The number of piperidine rings is 3. The number of hydrogen-bond acceptors (Lipinski definition) is 18. The number of ether oxygens (including phenoxy) is 7. The van der Waals surface area contributed by atoms with Gasteiger partial charge < -0.3 is 65.1 Å². The Hall–Kier alpha value is -3.15. The van der Waals surface area contributed by atoms with Crippen molar-refractivity contribution < 1.29 is 51.7 Å². The van der Waals surface area contributed by atoms with E-state index in [9.17, 15) is 14.0 Å². The number of benzene rings is 1. The number of aromatic nitrogens is 3. The van der Waals surface area contributed by atoms with Gasteiger partial charge in [-0.1, -0.05) is 149 Å². The van der Waals surface area contributed by atoms with Crippen LogP contribution in [0.3, 0.4) is 0 Å². The van der Waals surface area contributed by atoms with Gasteiger partial charge >= 0.3 is 0 Å². The zero-order chi connectivity index (χ0) is 86.4. The highest BCUT2D eigenvalue weighted by molar-refractivity contribution is 6.32. The third-order valence-electron chi connectivity index (χ3n) is 30.3. The van der Waals surface area contributed by atoms with Gasteiger partial charge in [0.05, 0.1) is 32.0 Å². The van der Waals surface area contributed by atoms with Crippen molar-refractivity contribution in [1.29, 1.82) is 0 Å². The van der Waals surface area contributed by atoms with Gasteiger partial charge in [0, 0.05) is 109 Å². The van der Waals surface area contributed by atoms with E-state index in [1.807, 2.05) is 19.9 Å². The van der Waals surface area contributed by atoms with Crippen LogP contribution in [0.2, 0.25) is 5.15 Å². The van der Waals surface area contributed by atoms with Gasteiger partial charge in [0.2, 0.25) is 0 Å². The maximum atomic E-state index is 14.2. The molecule has 0 bridgehead atoms. The molecule has 7 N–H and O–H groups in total. The van der Waals surface area contributed by atoms with Crippen molar-refractivity contribution in [1.82, 2.24) is 31.1 Å². The molecule has 2 aromatic heterocycles. The Labute approximate surface area is 739 Å². The molecule has 0 spiro atoms. The van der Waals surface area contributed by atoms with E-state index < -0.39 is 0 Å². The third-order valence-corrected chi connectivity index (χ3v) is 30.6. The Morgan fingerprint density at radius 2 is 0.702 bits per heavy atom. The standard InChI is InChI=1S/C15H13ClFN3O.2C13H24O.3C12H23NO.2C7H15N.2C5H8O2/c1-4-9-5-10-7(2)12(15-18-8(3)20-21-15)14(16)19-13(10)11(17)6-9;2*1-11-4-2-3-5-13(11)10-12-6-8-14-9-7-12;3*1-10-9-13-5-2-12(10)8-11-3-6-14-7-4-11;2*1-6-4-2-3-5-7(6)8;2*6-5-1-3-7-4-2-5/h5-6H,4H2,1-3H3;2*11-13H,2-10H2,1H3;3*10-13H,2-9H2,1H3;2*6-7H,2-5,8H2,1H3;2*1-4H2/t;2*11-,13-;3*10-,12-;2*6-,7+;;/m.1010010../s1. The highest BCUT2D eigenvalue weighted by Crippen LogP contribution is 2.41. The highest BCUT2D eigenvalue weighted by atomic mass is 35.5. The molecule has 0 radical (unpaired) electrons. The summed E-state index contributed by atoms with van der Waals surface area (Å²) in [7, 11) is 0. The van der Waals surface area contributed by atoms with E-state index in [2.05, 4.69) is 79.5 Å². The number of halogens is 2. The van der Waals surface area contributed by atoms with E-state index in [0.717, 1.165) is 184 Å². The van der Waals surface area contributed by atoms with Gasteiger partial charge in [-0.3, -0.25) is 9.59 Å². The molecule has 4 saturated carbocycles. The molecule has 0 amide bonds. The number of carbonyl (C=O) groups is 2. The second kappa shape index (κ2) is 59.9. The smallest absolute Gasteiger partial charge is 0.261 e. The Balaban J connectivity index is 0.000000170. The summed E-state index contributed by atoms with van der Waals surface area (Å²) in [6.07, 6.45) is 50.4. The minimum absolute atomic E-state index is 0.159. The van der Waals surface area contributed by atoms with Gasteiger partial charge in [-0.25, -0.2) is 9.37 Å². The Bertz CT molecular complexity index is 2920. The fraction of sp³-hybridized carbons (Fsp3) is 0.871. The van der Waals surface area contributed by atoms with E-state index in [0.29, 0.717) is 98.4 Å². The number of rotatable bonds is 12. The normalized spacial score (nSPS) is 30.5. The zero-order valence-corrected chi connectivity index (χ0v) is 78.9. The van der Waals surface area contributed by atoms with Gasteiger partial charge in [-0.05, 0) is 325 Å². The van der Waals surface area contributed by atoms with E-state index in [1.54, 1.807) is 6.92 Å². The summed E-state index contributed by atoms with van der Waals surface area (Å²) < 4.78 is 56.2. The maximum absolute atomic E-state index is 14.2. The molecule has 20 heteroatoms. The number of Topliss-reactive ketones (excluding diaryl/α,β-unsaturated/α-hetero) is 2. The summed E-state index contributed by atoms with van der Waals surface area (Å²) in [4.78, 5) is 29.1. The lowest BCUT2D eigenvalue weighted by Crippen LogP contribution is -2.36. The molecule has 12 heterocycles. The molecule has 121 heavy (non-hydrogen) atoms. The average Bonchev–Trinajstić information content (AvgIpc) is 1.70. The molecule has 18 nitrogen and oxygen atoms in total. The van der Waals surface area contributed by atoms with E-state index in [1.165, 1.54) is 264 Å². The van der Waals surface area contributed by atoms with Crippen molar-refractivity contribution in [2.75, 3.05) is 132 Å². The monoisotopic (exact) mass is 1720 g/mol. The molecule has 4 aliphatic carbocycles. The number of nitrogens with one attached hydrogen (secondary N) is 3. The summed E-state index contributed by atoms with van der Waals surface area (Å²) in [5, 5.41) is 15.1. The lowest BCUT2D eigenvalue weighted by molar-refractivity contribution is -0.125. The van der Waals surface area contributed by atoms with E-state index in [4.69, 9.17) is 60.7 Å². The summed E-state index contributed by atoms with van der Waals surface area (Å²) >= 11 is 6.19. The van der Waals surface area contributed by atoms with Crippen LogP contribution in [0.1, 0.15) is 316 Å². The van der Waals surface area contributed by atoms with Crippen LogP contribution >= 0.6 is 11.6 Å². The lowest BCUT2D eigenvalue weighted by atomic mass is 9.74. The number of fused-ring (bicyclic) bond motifs is 1. The molecule has 1 aromatic carbocycles. The van der Waals surface area contributed by atoms with Crippen LogP contribution in [0.25, 0.3) is 22.4 Å². The number of nitrogens with zero attached hydrogens (tertiary/aromatic N) is 3. The summed E-state index contributed by atoms with van der Waals surface area (Å²) in [5.41, 5.74) is 14.1.